The van der Waals surface area contributed by atoms with Gasteiger partial charge >= 0.3 is 0 Å². The predicted octanol–water partition coefficient (Wildman–Crippen LogP) is 3.08. The van der Waals surface area contributed by atoms with Gasteiger partial charge in [-0.1, -0.05) is 18.2 Å². The summed E-state index contributed by atoms with van der Waals surface area (Å²) in [5, 5.41) is 27.9. The van der Waals surface area contributed by atoms with E-state index in [0.29, 0.717) is 47.4 Å². The minimum absolute atomic E-state index is 0.0519. The number of nitrogens with two attached hydrogens (primary N) is 1. The lowest BCUT2D eigenvalue weighted by Gasteiger charge is -2.31. The number of amides is 1. The van der Waals surface area contributed by atoms with E-state index in [1.165, 1.54) is 11.0 Å². The number of nitrogens with zero attached hydrogens (tertiary/aromatic N) is 4. The van der Waals surface area contributed by atoms with Crippen molar-refractivity contribution in [1.29, 1.82) is 5.41 Å². The summed E-state index contributed by atoms with van der Waals surface area (Å²) < 4.78 is 15.2. The number of hydrogen-bond acceptors (Lipinski definition) is 10. The zero-order valence-corrected chi connectivity index (χ0v) is 23.2. The first-order valence-corrected chi connectivity index (χ1v) is 14.3. The first-order chi connectivity index (χ1) is 20.4. The van der Waals surface area contributed by atoms with Crippen molar-refractivity contribution in [1.82, 2.24) is 25.6 Å². The maximum atomic E-state index is 15.2. The first kappa shape index (κ1) is 27.7. The third-order valence-electron chi connectivity index (χ3n) is 8.03. The Balaban J connectivity index is 1.28. The maximum absolute atomic E-state index is 15.2. The number of hydrogen-bond donors (Lipinski definition) is 6. The highest BCUT2D eigenvalue weighted by Crippen LogP contribution is 2.42. The summed E-state index contributed by atoms with van der Waals surface area (Å²) >= 11 is 0. The van der Waals surface area contributed by atoms with Crippen molar-refractivity contribution in [2.45, 2.75) is 50.7 Å². The number of anilines is 3. The fraction of sp³-hybridized carbons (Fsp3) is 0.367. The maximum Gasteiger partial charge on any atom is 0.261 e. The molecule has 218 valence electrons. The number of carbonyl (C=O) groups is 1. The molecule has 2 aromatic carbocycles. The van der Waals surface area contributed by atoms with Crippen molar-refractivity contribution in [3.63, 3.8) is 0 Å². The van der Waals surface area contributed by atoms with E-state index in [0.717, 1.165) is 56.1 Å². The lowest BCUT2D eigenvalue weighted by atomic mass is 9.93. The number of aliphatic hydroxyl groups is 1. The van der Waals surface area contributed by atoms with Crippen molar-refractivity contribution < 1.29 is 14.3 Å². The summed E-state index contributed by atoms with van der Waals surface area (Å²) in [6, 6.07) is 8.94. The molecule has 3 aromatic rings. The number of nitrogens with one attached hydrogen (secondary N) is 4. The summed E-state index contributed by atoms with van der Waals surface area (Å²) in [5.74, 6) is -0.288. The van der Waals surface area contributed by atoms with Crippen LogP contribution in [0.4, 0.5) is 22.0 Å². The number of aromatic nitrogens is 3. The van der Waals surface area contributed by atoms with Gasteiger partial charge in [0.25, 0.3) is 5.91 Å². The zero-order chi connectivity index (χ0) is 29.2. The van der Waals surface area contributed by atoms with Crippen LogP contribution in [-0.4, -0.2) is 57.9 Å². The van der Waals surface area contributed by atoms with E-state index in [4.69, 9.17) is 11.1 Å². The number of halogens is 1. The van der Waals surface area contributed by atoms with Crippen LogP contribution in [0, 0.1) is 11.2 Å². The molecule has 0 unspecified atom stereocenters. The van der Waals surface area contributed by atoms with E-state index in [-0.39, 0.29) is 23.3 Å². The van der Waals surface area contributed by atoms with E-state index in [1.807, 2.05) is 6.07 Å². The van der Waals surface area contributed by atoms with Gasteiger partial charge in [-0.05, 0) is 74.4 Å². The van der Waals surface area contributed by atoms with Gasteiger partial charge in [-0.25, -0.2) is 4.39 Å². The molecule has 1 amide bonds. The Morgan fingerprint density at radius 2 is 2.00 bits per heavy atom. The highest BCUT2D eigenvalue weighted by molar-refractivity contribution is 6.09. The van der Waals surface area contributed by atoms with Crippen LogP contribution < -0.4 is 26.6 Å². The van der Waals surface area contributed by atoms with Gasteiger partial charge in [-0.2, -0.15) is 15.0 Å². The van der Waals surface area contributed by atoms with Gasteiger partial charge in [0.15, 0.2) is 5.82 Å². The van der Waals surface area contributed by atoms with Crippen LogP contribution in [0.15, 0.2) is 42.2 Å². The largest absolute Gasteiger partial charge is 0.392 e. The SMILES string of the molecule is N=C/C(=C\NC1CCNCC1)Nc1nc(N)nc(-c2cccc(N3CCc4cc(C5CC5)cc(F)c4C3=O)c2CO)n1. The molecule has 0 radical (unpaired) electrons. The molecule has 2 fully saturated rings. The molecule has 11 nitrogen and oxygen atoms in total. The third-order valence-corrected chi connectivity index (χ3v) is 8.03. The Bertz CT molecular complexity index is 1550. The van der Waals surface area contributed by atoms with Crippen molar-refractivity contribution >= 4 is 29.7 Å². The number of nitrogen functional groups attached to an aromatic ring is 1. The fourth-order valence-electron chi connectivity index (χ4n) is 5.69. The molecular formula is C30H34FN9O2. The Morgan fingerprint density at radius 3 is 2.74 bits per heavy atom. The normalized spacial score (nSPS) is 17.6. The third kappa shape index (κ3) is 5.68. The van der Waals surface area contributed by atoms with Crippen LogP contribution >= 0.6 is 0 Å². The molecule has 0 spiro atoms. The van der Waals surface area contributed by atoms with E-state index >= 15 is 4.39 Å². The Hall–Kier alpha value is -4.42. The summed E-state index contributed by atoms with van der Waals surface area (Å²) in [6.45, 7) is 1.81. The van der Waals surface area contributed by atoms with Crippen molar-refractivity contribution in [3.8, 4) is 11.4 Å². The van der Waals surface area contributed by atoms with Gasteiger partial charge in [0.1, 0.15) is 5.82 Å². The molecule has 3 aliphatic rings. The quantitative estimate of drug-likeness (QED) is 0.212. The van der Waals surface area contributed by atoms with Crippen molar-refractivity contribution in [3.05, 3.63) is 70.3 Å². The number of fused-ring (bicyclic) bond motifs is 1. The molecule has 1 saturated carbocycles. The minimum atomic E-state index is -0.503. The molecule has 7 N–H and O–H groups in total. The molecule has 3 heterocycles. The van der Waals surface area contributed by atoms with E-state index in [9.17, 15) is 9.90 Å². The Morgan fingerprint density at radius 1 is 1.19 bits per heavy atom. The van der Waals surface area contributed by atoms with Crippen LogP contribution in [0.1, 0.15) is 58.6 Å². The smallest absolute Gasteiger partial charge is 0.261 e. The van der Waals surface area contributed by atoms with E-state index in [1.54, 1.807) is 24.4 Å². The second-order valence-electron chi connectivity index (χ2n) is 10.9. The number of piperidine rings is 1. The van der Waals surface area contributed by atoms with Gasteiger partial charge in [0.05, 0.1) is 23.6 Å². The molecule has 0 bridgehead atoms. The molecule has 2 aliphatic heterocycles. The topological polar surface area (TPSA) is 165 Å². The molecule has 42 heavy (non-hydrogen) atoms. The zero-order valence-electron chi connectivity index (χ0n) is 23.2. The molecule has 0 atom stereocenters. The van der Waals surface area contributed by atoms with E-state index in [2.05, 4.69) is 30.9 Å². The second kappa shape index (κ2) is 11.8. The molecule has 1 saturated heterocycles. The average molecular weight is 572 g/mol. The monoisotopic (exact) mass is 571 g/mol. The van der Waals surface area contributed by atoms with E-state index < -0.39 is 18.3 Å². The van der Waals surface area contributed by atoms with Gasteiger partial charge in [-0.15, -0.1) is 0 Å². The number of benzene rings is 2. The summed E-state index contributed by atoms with van der Waals surface area (Å²) in [4.78, 5) is 28.1. The predicted molar refractivity (Wildman–Crippen MR) is 159 cm³/mol. The molecule has 12 heteroatoms. The number of carbonyl (C=O) groups excluding carboxylic acids is 1. The summed E-state index contributed by atoms with van der Waals surface area (Å²) in [6.07, 6.45) is 7.43. The highest BCUT2D eigenvalue weighted by Gasteiger charge is 2.33. The Labute approximate surface area is 243 Å². The van der Waals surface area contributed by atoms with Crippen LogP contribution in [-0.2, 0) is 13.0 Å². The fourth-order valence-corrected chi connectivity index (χ4v) is 5.69. The highest BCUT2D eigenvalue weighted by atomic mass is 19.1. The lowest BCUT2D eigenvalue weighted by Crippen LogP contribution is -2.39. The molecule has 1 aromatic heterocycles. The van der Waals surface area contributed by atoms with Gasteiger partial charge < -0.3 is 37.1 Å². The van der Waals surface area contributed by atoms with Crippen LogP contribution in [0.5, 0.6) is 0 Å². The van der Waals surface area contributed by atoms with Crippen molar-refractivity contribution in [2.24, 2.45) is 0 Å². The molecule has 6 rings (SSSR count). The van der Waals surface area contributed by atoms with Crippen LogP contribution in [0.2, 0.25) is 0 Å². The summed E-state index contributed by atoms with van der Waals surface area (Å²) in [5.41, 5.74) is 9.58. The summed E-state index contributed by atoms with van der Waals surface area (Å²) in [7, 11) is 0. The number of rotatable bonds is 9. The standard InChI is InChI=1S/C30H34FN9O2/c31-24-13-19(17-4-5-17)12-18-8-11-40(28(42)26(18)24)25-3-1-2-22(23(25)16-41)27-37-29(33)39-30(38-27)36-21(14-32)15-35-20-6-9-34-10-7-20/h1-3,12-15,17,20,32,34-35,41H,4-11,16H2,(H3,33,36,37,38,39)/b21-15+,32-14?. The van der Waals surface area contributed by atoms with Gasteiger partial charge in [0.2, 0.25) is 11.9 Å². The number of aliphatic hydroxyl groups excluding tert-OH is 1. The van der Waals surface area contributed by atoms with Gasteiger partial charge in [0, 0.05) is 36.1 Å². The Kier molecular flexibility index (Phi) is 7.81. The number of allylic oxidation sites excluding steroid dienone is 1. The minimum Gasteiger partial charge on any atom is -0.392 e. The van der Waals surface area contributed by atoms with Crippen LogP contribution in [0.25, 0.3) is 11.4 Å². The lowest BCUT2D eigenvalue weighted by molar-refractivity contribution is 0.0976. The van der Waals surface area contributed by atoms with Crippen molar-refractivity contribution in [2.75, 3.05) is 35.6 Å². The average Bonchev–Trinajstić information content (AvgIpc) is 3.85. The van der Waals surface area contributed by atoms with Crippen LogP contribution in [0.3, 0.4) is 0 Å². The second-order valence-corrected chi connectivity index (χ2v) is 10.9. The molecule has 1 aliphatic carbocycles. The van der Waals surface area contributed by atoms with Gasteiger partial charge in [-0.3, -0.25) is 4.79 Å². The molecular weight excluding hydrogens is 537 g/mol. The first-order valence-electron chi connectivity index (χ1n) is 14.3.